The number of rotatable bonds is 6. The molecule has 0 spiro atoms. The maximum Gasteiger partial charge on any atom is 0.410 e. The van der Waals surface area contributed by atoms with Crippen LogP contribution in [0.2, 0.25) is 0 Å². The number of amides is 3. The number of ether oxygens (including phenoxy) is 3. The number of likely N-dealkylation sites (N-methyl/N-ethyl adjacent to an activating group) is 1. The molecule has 1 unspecified atom stereocenters. The van der Waals surface area contributed by atoms with Crippen molar-refractivity contribution in [2.45, 2.75) is 51.9 Å². The van der Waals surface area contributed by atoms with Crippen molar-refractivity contribution in [1.29, 1.82) is 0 Å². The first-order valence-corrected chi connectivity index (χ1v) is 14.2. The molecule has 3 amide bonds. The van der Waals surface area contributed by atoms with E-state index in [2.05, 4.69) is 21.2 Å². The molecule has 222 valence electrons. The van der Waals surface area contributed by atoms with E-state index in [4.69, 9.17) is 14.2 Å². The molecule has 11 heteroatoms. The Hall–Kier alpha value is -4.12. The van der Waals surface area contributed by atoms with Crippen LogP contribution in [0.3, 0.4) is 0 Å². The SMILES string of the molecule is COC(=O)c1cccc2c1OCC(NC(=O)[C@H](C)N(C)C(=O)OC(C)(C)C)C(=O)N2Cc1ccc(Br)c2ccccc12. The van der Waals surface area contributed by atoms with Crippen LogP contribution >= 0.6 is 15.9 Å². The Balaban J connectivity index is 1.69. The number of halogens is 1. The van der Waals surface area contributed by atoms with Gasteiger partial charge in [-0.25, -0.2) is 9.59 Å². The van der Waals surface area contributed by atoms with E-state index >= 15 is 0 Å². The molecule has 2 atom stereocenters. The van der Waals surface area contributed by atoms with Crippen LogP contribution in [0.15, 0.2) is 59.1 Å². The van der Waals surface area contributed by atoms with Crippen LogP contribution < -0.4 is 15.0 Å². The van der Waals surface area contributed by atoms with E-state index in [0.29, 0.717) is 5.69 Å². The number of carbonyl (C=O) groups is 4. The van der Waals surface area contributed by atoms with Crippen molar-refractivity contribution < 1.29 is 33.4 Å². The molecule has 10 nitrogen and oxygen atoms in total. The summed E-state index contributed by atoms with van der Waals surface area (Å²) in [7, 11) is 2.72. The van der Waals surface area contributed by atoms with Crippen molar-refractivity contribution in [2.24, 2.45) is 0 Å². The van der Waals surface area contributed by atoms with Crippen molar-refractivity contribution in [3.63, 3.8) is 0 Å². The maximum atomic E-state index is 14.1. The summed E-state index contributed by atoms with van der Waals surface area (Å²) in [6.07, 6.45) is -0.674. The topological polar surface area (TPSA) is 114 Å². The molecular weight excluding hydrogens is 606 g/mol. The zero-order valence-corrected chi connectivity index (χ0v) is 26.0. The summed E-state index contributed by atoms with van der Waals surface area (Å²) in [4.78, 5) is 55.2. The zero-order chi connectivity index (χ0) is 30.8. The minimum Gasteiger partial charge on any atom is -0.488 e. The van der Waals surface area contributed by atoms with Crippen molar-refractivity contribution in [3.8, 4) is 5.75 Å². The highest BCUT2D eigenvalue weighted by Gasteiger charge is 2.37. The predicted molar refractivity (Wildman–Crippen MR) is 162 cm³/mol. The van der Waals surface area contributed by atoms with Crippen LogP contribution in [0.1, 0.15) is 43.6 Å². The van der Waals surface area contributed by atoms with Gasteiger partial charge in [0.25, 0.3) is 5.91 Å². The largest absolute Gasteiger partial charge is 0.488 e. The normalized spacial score (nSPS) is 15.6. The van der Waals surface area contributed by atoms with E-state index < -0.39 is 41.6 Å². The van der Waals surface area contributed by atoms with Gasteiger partial charge in [0.05, 0.1) is 19.3 Å². The van der Waals surface area contributed by atoms with Crippen LogP contribution in [-0.4, -0.2) is 67.2 Å². The number of nitrogens with zero attached hydrogens (tertiary/aromatic N) is 2. The zero-order valence-electron chi connectivity index (χ0n) is 24.4. The number of hydrogen-bond donors (Lipinski definition) is 1. The Morgan fingerprint density at radius 1 is 1.10 bits per heavy atom. The minimum absolute atomic E-state index is 0.132. The molecule has 1 aliphatic heterocycles. The van der Waals surface area contributed by atoms with Gasteiger partial charge in [-0.15, -0.1) is 0 Å². The average molecular weight is 641 g/mol. The lowest BCUT2D eigenvalue weighted by atomic mass is 10.0. The lowest BCUT2D eigenvalue weighted by molar-refractivity contribution is -0.130. The molecule has 0 aliphatic carbocycles. The molecule has 0 saturated carbocycles. The number of anilines is 1. The summed E-state index contributed by atoms with van der Waals surface area (Å²) in [5.74, 6) is -1.46. The molecule has 1 heterocycles. The van der Waals surface area contributed by atoms with Gasteiger partial charge < -0.3 is 24.4 Å². The molecule has 42 heavy (non-hydrogen) atoms. The average Bonchev–Trinajstić information content (AvgIpc) is 3.08. The van der Waals surface area contributed by atoms with Crippen molar-refractivity contribution >= 4 is 56.3 Å². The number of fused-ring (bicyclic) bond motifs is 2. The van der Waals surface area contributed by atoms with Gasteiger partial charge in [0.1, 0.15) is 29.9 Å². The molecule has 0 radical (unpaired) electrons. The van der Waals surface area contributed by atoms with Gasteiger partial charge in [0.2, 0.25) is 5.91 Å². The lowest BCUT2D eigenvalue weighted by Crippen LogP contribution is -2.55. The Labute approximate surface area is 253 Å². The summed E-state index contributed by atoms with van der Waals surface area (Å²) >= 11 is 3.59. The van der Waals surface area contributed by atoms with Gasteiger partial charge in [-0.05, 0) is 62.2 Å². The molecule has 3 aromatic rings. The number of methoxy groups -OCH3 is 1. The van der Waals surface area contributed by atoms with Gasteiger partial charge in [0.15, 0.2) is 5.75 Å². The first-order valence-electron chi connectivity index (χ1n) is 13.4. The van der Waals surface area contributed by atoms with Gasteiger partial charge in [-0.3, -0.25) is 14.5 Å². The fraction of sp³-hybridized carbons (Fsp3) is 0.355. The predicted octanol–water partition coefficient (Wildman–Crippen LogP) is 5.05. The van der Waals surface area contributed by atoms with Crippen molar-refractivity contribution in [1.82, 2.24) is 10.2 Å². The van der Waals surface area contributed by atoms with Gasteiger partial charge in [-0.2, -0.15) is 0 Å². The minimum atomic E-state index is -1.12. The third kappa shape index (κ3) is 6.51. The Morgan fingerprint density at radius 3 is 2.45 bits per heavy atom. The molecule has 0 aromatic heterocycles. The number of esters is 1. The van der Waals surface area contributed by atoms with E-state index in [0.717, 1.165) is 20.8 Å². The number of benzene rings is 3. The van der Waals surface area contributed by atoms with Crippen molar-refractivity contribution in [2.75, 3.05) is 25.7 Å². The number of para-hydroxylation sites is 1. The monoisotopic (exact) mass is 639 g/mol. The first-order chi connectivity index (χ1) is 19.8. The van der Waals surface area contributed by atoms with E-state index in [-0.39, 0.29) is 24.5 Å². The molecule has 4 rings (SSSR count). The van der Waals surface area contributed by atoms with E-state index in [1.807, 2.05) is 36.4 Å². The highest BCUT2D eigenvalue weighted by Crippen LogP contribution is 2.37. The summed E-state index contributed by atoms with van der Waals surface area (Å²) in [5, 5.41) is 4.65. The van der Waals surface area contributed by atoms with Gasteiger partial charge in [-0.1, -0.05) is 52.3 Å². The molecule has 0 saturated heterocycles. The van der Waals surface area contributed by atoms with Crippen LogP contribution in [0.5, 0.6) is 5.75 Å². The number of nitrogens with one attached hydrogen (secondary N) is 1. The third-order valence-corrected chi connectivity index (χ3v) is 7.59. The molecular formula is C31H34BrN3O7. The third-order valence-electron chi connectivity index (χ3n) is 6.90. The number of hydrogen-bond acceptors (Lipinski definition) is 7. The standard InChI is InChI=1S/C31H34BrN3O7/c1-18(34(5)30(39)42-31(2,3)4)27(36)33-24-17-41-26-22(29(38)40-6)12-9-13-25(26)35(28(24)37)16-19-14-15-23(32)21-11-8-7-10-20(19)21/h7-15,18,24H,16-17H2,1-6H3,(H,33,36)/t18-,24?/m0/s1. The van der Waals surface area contributed by atoms with Crippen LogP contribution in [0, 0.1) is 0 Å². The first kappa shape index (κ1) is 30.8. The molecule has 0 fully saturated rings. The van der Waals surface area contributed by atoms with Crippen LogP contribution in [-0.2, 0) is 25.6 Å². The lowest BCUT2D eigenvalue weighted by Gasteiger charge is -2.29. The molecule has 1 aliphatic rings. The molecule has 3 aromatic carbocycles. The second-order valence-electron chi connectivity index (χ2n) is 11.0. The van der Waals surface area contributed by atoms with E-state index in [1.165, 1.54) is 30.9 Å². The van der Waals surface area contributed by atoms with Crippen LogP contribution in [0.4, 0.5) is 10.5 Å². The fourth-order valence-electron chi connectivity index (χ4n) is 4.56. The van der Waals surface area contributed by atoms with Gasteiger partial charge in [0, 0.05) is 11.5 Å². The second kappa shape index (κ2) is 12.4. The highest BCUT2D eigenvalue weighted by atomic mass is 79.9. The van der Waals surface area contributed by atoms with Gasteiger partial charge >= 0.3 is 12.1 Å². The number of carbonyl (C=O) groups excluding carboxylic acids is 4. The van der Waals surface area contributed by atoms with Crippen molar-refractivity contribution in [3.05, 3.63) is 70.2 Å². The second-order valence-corrected chi connectivity index (χ2v) is 11.8. The Morgan fingerprint density at radius 2 is 1.79 bits per heavy atom. The summed E-state index contributed by atoms with van der Waals surface area (Å²) in [6.45, 7) is 6.62. The maximum absolute atomic E-state index is 14.1. The molecule has 0 bridgehead atoms. The Kier molecular flexibility index (Phi) is 9.10. The quantitative estimate of drug-likeness (QED) is 0.375. The smallest absolute Gasteiger partial charge is 0.410 e. The highest BCUT2D eigenvalue weighted by molar-refractivity contribution is 9.10. The van der Waals surface area contributed by atoms with E-state index in [9.17, 15) is 19.2 Å². The molecule has 1 N–H and O–H groups in total. The van der Waals surface area contributed by atoms with Crippen LogP contribution in [0.25, 0.3) is 10.8 Å². The summed E-state index contributed by atoms with van der Waals surface area (Å²) in [6, 6.07) is 14.4. The summed E-state index contributed by atoms with van der Waals surface area (Å²) in [5.41, 5.74) is 0.624. The summed E-state index contributed by atoms with van der Waals surface area (Å²) < 4.78 is 17.3. The fourth-order valence-corrected chi connectivity index (χ4v) is 5.04. The Bertz CT molecular complexity index is 1530. The van der Waals surface area contributed by atoms with E-state index in [1.54, 1.807) is 39.0 Å².